The van der Waals surface area contributed by atoms with Crippen molar-refractivity contribution in [3.05, 3.63) is 66.2 Å². The summed E-state index contributed by atoms with van der Waals surface area (Å²) in [5, 5.41) is 21.5. The molecule has 3 nitrogen and oxygen atoms in total. The molecule has 1 aliphatic heterocycles. The summed E-state index contributed by atoms with van der Waals surface area (Å²) in [6.45, 7) is 0. The molecule has 5 rings (SSSR count). The number of nitriles is 2. The number of hydrogen-bond acceptors (Lipinski definition) is 3. The first kappa shape index (κ1) is 19.2. The molecule has 3 fully saturated rings. The second kappa shape index (κ2) is 7.48. The van der Waals surface area contributed by atoms with Crippen LogP contribution in [-0.2, 0) is 0 Å². The summed E-state index contributed by atoms with van der Waals surface area (Å²) in [5.74, 6) is 0.776. The maximum atomic E-state index is 10.8. The maximum Gasteiger partial charge on any atom is 0.132 e. The standard InChI is InChI=1S/C27H29N3/c28-19-26-17-9-7-15-23(26)25(21-11-3-1-4-12-21)24-16-8-10-18-27(24,20-29)30(26)22-13-5-2-6-14-22/h1-6,11-14,23-25H,7-10,15-18H2. The van der Waals surface area contributed by atoms with Gasteiger partial charge in [-0.05, 0) is 49.3 Å². The average molecular weight is 396 g/mol. The molecule has 2 saturated carbocycles. The Labute approximate surface area is 179 Å². The van der Waals surface area contributed by atoms with Gasteiger partial charge in [-0.2, -0.15) is 10.5 Å². The van der Waals surface area contributed by atoms with E-state index in [1.54, 1.807) is 0 Å². The third kappa shape index (κ3) is 2.61. The summed E-state index contributed by atoms with van der Waals surface area (Å²) in [6, 6.07) is 26.8. The number of nitrogens with zero attached hydrogens (tertiary/aromatic N) is 3. The third-order valence-electron chi connectivity index (χ3n) is 8.12. The zero-order chi connectivity index (χ0) is 20.6. The van der Waals surface area contributed by atoms with Gasteiger partial charge in [-0.15, -0.1) is 0 Å². The Kier molecular flexibility index (Phi) is 4.79. The maximum absolute atomic E-state index is 10.8. The number of anilines is 1. The van der Waals surface area contributed by atoms with Crippen molar-refractivity contribution in [2.75, 3.05) is 4.90 Å². The van der Waals surface area contributed by atoms with Crippen LogP contribution < -0.4 is 4.90 Å². The minimum absolute atomic E-state index is 0.253. The Hall–Kier alpha value is -2.78. The third-order valence-corrected chi connectivity index (χ3v) is 8.12. The normalized spacial score (nSPS) is 35.4. The van der Waals surface area contributed by atoms with Gasteiger partial charge in [-0.1, -0.05) is 74.2 Å². The summed E-state index contributed by atoms with van der Waals surface area (Å²) in [5.41, 5.74) is 1.13. The van der Waals surface area contributed by atoms with Crippen molar-refractivity contribution in [2.45, 2.75) is 68.4 Å². The van der Waals surface area contributed by atoms with E-state index in [1.807, 2.05) is 18.2 Å². The van der Waals surface area contributed by atoms with Crippen LogP contribution in [0.5, 0.6) is 0 Å². The first-order valence-corrected chi connectivity index (χ1v) is 11.5. The molecule has 4 unspecified atom stereocenters. The second-order valence-corrected chi connectivity index (χ2v) is 9.38. The van der Waals surface area contributed by atoms with Crippen LogP contribution in [-0.4, -0.2) is 11.1 Å². The first-order valence-electron chi connectivity index (χ1n) is 11.5. The molecule has 1 saturated heterocycles. The lowest BCUT2D eigenvalue weighted by atomic mass is 9.51. The van der Waals surface area contributed by atoms with Crippen LogP contribution >= 0.6 is 0 Å². The Morgan fingerprint density at radius 1 is 0.700 bits per heavy atom. The van der Waals surface area contributed by atoms with Crippen LogP contribution in [0.15, 0.2) is 60.7 Å². The topological polar surface area (TPSA) is 50.8 Å². The summed E-state index contributed by atoms with van der Waals surface area (Å²) >= 11 is 0. The van der Waals surface area contributed by atoms with Crippen molar-refractivity contribution in [3.63, 3.8) is 0 Å². The molecule has 30 heavy (non-hydrogen) atoms. The summed E-state index contributed by atoms with van der Waals surface area (Å²) in [6.07, 6.45) is 8.29. The van der Waals surface area contributed by atoms with E-state index >= 15 is 0 Å². The molecule has 2 aromatic rings. The Morgan fingerprint density at radius 2 is 1.20 bits per heavy atom. The van der Waals surface area contributed by atoms with Crippen molar-refractivity contribution in [1.82, 2.24) is 0 Å². The quantitative estimate of drug-likeness (QED) is 0.609. The molecular formula is C27H29N3. The Bertz CT molecular complexity index is 931. The fraction of sp³-hybridized carbons (Fsp3) is 0.481. The molecule has 0 radical (unpaired) electrons. The number of hydrogen-bond donors (Lipinski definition) is 0. The minimum Gasteiger partial charge on any atom is -0.334 e. The number of fused-ring (bicyclic) bond motifs is 2. The van der Waals surface area contributed by atoms with E-state index in [2.05, 4.69) is 59.5 Å². The van der Waals surface area contributed by atoms with Gasteiger partial charge in [0.2, 0.25) is 0 Å². The first-order chi connectivity index (χ1) is 14.8. The molecule has 0 amide bonds. The Morgan fingerprint density at radius 3 is 1.70 bits per heavy atom. The van der Waals surface area contributed by atoms with Gasteiger partial charge in [0.05, 0.1) is 12.1 Å². The molecule has 152 valence electrons. The molecule has 4 atom stereocenters. The molecule has 3 aliphatic rings. The fourth-order valence-corrected chi connectivity index (χ4v) is 7.07. The highest BCUT2D eigenvalue weighted by atomic mass is 15.3. The van der Waals surface area contributed by atoms with Crippen molar-refractivity contribution >= 4 is 5.69 Å². The predicted octanol–water partition coefficient (Wildman–Crippen LogP) is 6.20. The molecule has 1 heterocycles. The lowest BCUT2D eigenvalue weighted by Crippen LogP contribution is -2.73. The lowest BCUT2D eigenvalue weighted by molar-refractivity contribution is 0.0360. The SMILES string of the molecule is N#CC12CCCCC1C(c1ccccc1)C1CCCCC1(C#N)N2c1ccccc1. The molecule has 0 N–H and O–H groups in total. The number of rotatable bonds is 2. The molecule has 2 aromatic carbocycles. The molecular weight excluding hydrogens is 366 g/mol. The summed E-state index contributed by atoms with van der Waals surface area (Å²) in [7, 11) is 0. The van der Waals surface area contributed by atoms with Gasteiger partial charge in [0.1, 0.15) is 11.1 Å². The van der Waals surface area contributed by atoms with Gasteiger partial charge >= 0.3 is 0 Å². The van der Waals surface area contributed by atoms with Gasteiger partial charge in [-0.3, -0.25) is 0 Å². The van der Waals surface area contributed by atoms with Crippen molar-refractivity contribution in [3.8, 4) is 12.1 Å². The predicted molar refractivity (Wildman–Crippen MR) is 119 cm³/mol. The zero-order valence-corrected chi connectivity index (χ0v) is 17.5. The van der Waals surface area contributed by atoms with Crippen LogP contribution in [0.4, 0.5) is 5.69 Å². The average Bonchev–Trinajstić information content (AvgIpc) is 2.83. The van der Waals surface area contributed by atoms with Crippen molar-refractivity contribution in [1.29, 1.82) is 10.5 Å². The van der Waals surface area contributed by atoms with Crippen LogP contribution in [0.2, 0.25) is 0 Å². The highest BCUT2D eigenvalue weighted by Crippen LogP contribution is 2.62. The fourth-order valence-electron chi connectivity index (χ4n) is 7.07. The van der Waals surface area contributed by atoms with Gasteiger partial charge in [0, 0.05) is 17.5 Å². The monoisotopic (exact) mass is 395 g/mol. The zero-order valence-electron chi connectivity index (χ0n) is 17.5. The largest absolute Gasteiger partial charge is 0.334 e. The molecule has 0 aromatic heterocycles. The van der Waals surface area contributed by atoms with Crippen LogP contribution in [0.1, 0.15) is 62.8 Å². The smallest absolute Gasteiger partial charge is 0.132 e. The van der Waals surface area contributed by atoms with Gasteiger partial charge in [0.15, 0.2) is 0 Å². The van der Waals surface area contributed by atoms with Gasteiger partial charge < -0.3 is 4.90 Å². The molecule has 0 spiro atoms. The summed E-state index contributed by atoms with van der Waals surface area (Å²) < 4.78 is 0. The Balaban J connectivity index is 1.78. The lowest BCUT2D eigenvalue weighted by Gasteiger charge is -2.65. The van der Waals surface area contributed by atoms with E-state index < -0.39 is 11.1 Å². The van der Waals surface area contributed by atoms with Gasteiger partial charge in [-0.25, -0.2) is 0 Å². The molecule has 3 heteroatoms. The highest BCUT2D eigenvalue weighted by molar-refractivity contribution is 5.60. The summed E-state index contributed by atoms with van der Waals surface area (Å²) in [4.78, 5) is 2.33. The second-order valence-electron chi connectivity index (χ2n) is 9.38. The minimum atomic E-state index is -0.621. The van der Waals surface area contributed by atoms with Gasteiger partial charge in [0.25, 0.3) is 0 Å². The van der Waals surface area contributed by atoms with E-state index in [0.29, 0.717) is 0 Å². The van der Waals surface area contributed by atoms with Crippen LogP contribution in [0.3, 0.4) is 0 Å². The van der Waals surface area contributed by atoms with Crippen LogP contribution in [0, 0.1) is 34.5 Å². The number of benzene rings is 2. The molecule has 2 aliphatic carbocycles. The number of piperidine rings is 1. The van der Waals surface area contributed by atoms with E-state index in [9.17, 15) is 10.5 Å². The molecule has 0 bridgehead atoms. The van der Waals surface area contributed by atoms with E-state index in [1.165, 1.54) is 18.4 Å². The number of para-hydroxylation sites is 1. The van der Waals surface area contributed by atoms with E-state index in [4.69, 9.17) is 0 Å². The highest BCUT2D eigenvalue weighted by Gasteiger charge is 2.65. The van der Waals surface area contributed by atoms with Crippen LogP contribution in [0.25, 0.3) is 0 Å². The van der Waals surface area contributed by atoms with Crippen molar-refractivity contribution in [2.24, 2.45) is 11.8 Å². The van der Waals surface area contributed by atoms with E-state index in [0.717, 1.165) is 44.2 Å². The van der Waals surface area contributed by atoms with E-state index in [-0.39, 0.29) is 17.8 Å². The van der Waals surface area contributed by atoms with Crippen molar-refractivity contribution < 1.29 is 0 Å².